The van der Waals surface area contributed by atoms with Crippen molar-refractivity contribution in [3.63, 3.8) is 0 Å². The molecule has 3 heteroatoms. The normalized spacial score (nSPS) is 9.55. The third-order valence-electron chi connectivity index (χ3n) is 1.20. The van der Waals surface area contributed by atoms with E-state index in [2.05, 4.69) is 0 Å². The van der Waals surface area contributed by atoms with E-state index in [1.165, 1.54) is 6.42 Å². The van der Waals surface area contributed by atoms with Gasteiger partial charge in [0.05, 0.1) is 6.42 Å². The van der Waals surface area contributed by atoms with Crippen LogP contribution in [0.5, 0.6) is 0 Å². The van der Waals surface area contributed by atoms with Gasteiger partial charge in [0.15, 0.2) is 0 Å². The topological polar surface area (TPSA) is 43.1 Å². The predicted octanol–water partition coefficient (Wildman–Crippen LogP) is 1.38. The molecule has 1 aromatic carbocycles. The second-order valence-corrected chi connectivity index (χ2v) is 2.48. The third kappa shape index (κ3) is 2.24. The first-order valence-corrected chi connectivity index (χ1v) is 3.46. The van der Waals surface area contributed by atoms with Crippen LogP contribution >= 0.6 is 11.6 Å². The van der Waals surface area contributed by atoms with Gasteiger partial charge in [0.1, 0.15) is 0 Å². The van der Waals surface area contributed by atoms with Crippen molar-refractivity contribution >= 4 is 17.5 Å². The Morgan fingerprint density at radius 2 is 2.09 bits per heavy atom. The number of halogens is 1. The molecule has 0 aromatic heterocycles. The Hall–Kier alpha value is -1.02. The van der Waals surface area contributed by atoms with Gasteiger partial charge in [-0.3, -0.25) is 4.79 Å². The van der Waals surface area contributed by atoms with E-state index >= 15 is 0 Å². The highest BCUT2D eigenvalue weighted by atomic mass is 35.5. The van der Waals surface area contributed by atoms with Crippen molar-refractivity contribution in [2.75, 3.05) is 0 Å². The second kappa shape index (κ2) is 3.39. The SMILES string of the molecule is NC(=O)[CH]c1ccccc1Cl. The van der Waals surface area contributed by atoms with E-state index in [0.717, 1.165) is 0 Å². The zero-order chi connectivity index (χ0) is 8.27. The Labute approximate surface area is 70.0 Å². The molecule has 0 fully saturated rings. The molecule has 0 saturated heterocycles. The zero-order valence-corrected chi connectivity index (χ0v) is 6.51. The van der Waals surface area contributed by atoms with Gasteiger partial charge < -0.3 is 5.73 Å². The molecule has 0 spiro atoms. The summed E-state index contributed by atoms with van der Waals surface area (Å²) in [5.41, 5.74) is 5.59. The van der Waals surface area contributed by atoms with Gasteiger partial charge in [-0.15, -0.1) is 0 Å². The molecule has 11 heavy (non-hydrogen) atoms. The van der Waals surface area contributed by atoms with Gasteiger partial charge in [0.25, 0.3) is 0 Å². The number of benzene rings is 1. The van der Waals surface area contributed by atoms with Crippen LogP contribution in [0.4, 0.5) is 0 Å². The average molecular weight is 169 g/mol. The monoisotopic (exact) mass is 168 g/mol. The molecule has 0 atom stereocenters. The van der Waals surface area contributed by atoms with Gasteiger partial charge >= 0.3 is 0 Å². The molecule has 1 amide bonds. The van der Waals surface area contributed by atoms with E-state index in [4.69, 9.17) is 17.3 Å². The van der Waals surface area contributed by atoms with E-state index in [1.54, 1.807) is 24.3 Å². The molecule has 0 saturated carbocycles. The van der Waals surface area contributed by atoms with Crippen molar-refractivity contribution in [2.45, 2.75) is 0 Å². The number of amides is 1. The first-order chi connectivity index (χ1) is 5.20. The summed E-state index contributed by atoms with van der Waals surface area (Å²) in [5, 5.41) is 0.534. The van der Waals surface area contributed by atoms with Crippen LogP contribution in [0.3, 0.4) is 0 Å². The van der Waals surface area contributed by atoms with Crippen LogP contribution < -0.4 is 5.73 Å². The van der Waals surface area contributed by atoms with Crippen molar-refractivity contribution in [1.29, 1.82) is 0 Å². The summed E-state index contributed by atoms with van der Waals surface area (Å²) in [6, 6.07) is 7.02. The number of primary amides is 1. The maximum atomic E-state index is 10.4. The third-order valence-corrected chi connectivity index (χ3v) is 1.55. The Morgan fingerprint density at radius 1 is 1.45 bits per heavy atom. The van der Waals surface area contributed by atoms with Gasteiger partial charge in [-0.2, -0.15) is 0 Å². The molecular formula is C8H7ClNO. The number of rotatable bonds is 2. The van der Waals surface area contributed by atoms with Crippen LogP contribution in [0.15, 0.2) is 24.3 Å². The average Bonchev–Trinajstić information content (AvgIpc) is 1.93. The smallest absolute Gasteiger partial charge is 0.226 e. The summed E-state index contributed by atoms with van der Waals surface area (Å²) in [5.74, 6) is -0.488. The van der Waals surface area contributed by atoms with Gasteiger partial charge in [0.2, 0.25) is 5.91 Å². The molecule has 0 aliphatic rings. The van der Waals surface area contributed by atoms with Crippen molar-refractivity contribution in [2.24, 2.45) is 5.73 Å². The van der Waals surface area contributed by atoms with Gasteiger partial charge in [-0.25, -0.2) is 0 Å². The van der Waals surface area contributed by atoms with Crippen LogP contribution in [0, 0.1) is 6.42 Å². The Kier molecular flexibility index (Phi) is 2.49. The molecule has 57 valence electrons. The highest BCUT2D eigenvalue weighted by Gasteiger charge is 2.01. The lowest BCUT2D eigenvalue weighted by atomic mass is 10.1. The van der Waals surface area contributed by atoms with Crippen molar-refractivity contribution in [1.82, 2.24) is 0 Å². The molecular weight excluding hydrogens is 162 g/mol. The Morgan fingerprint density at radius 3 is 2.64 bits per heavy atom. The minimum atomic E-state index is -0.488. The summed E-state index contributed by atoms with van der Waals surface area (Å²) in [7, 11) is 0. The first-order valence-electron chi connectivity index (χ1n) is 3.09. The lowest BCUT2D eigenvalue weighted by molar-refractivity contribution is -0.114. The highest BCUT2D eigenvalue weighted by molar-refractivity contribution is 6.31. The molecule has 1 radical (unpaired) electrons. The van der Waals surface area contributed by atoms with Crippen LogP contribution in [0.2, 0.25) is 5.02 Å². The standard InChI is InChI=1S/C8H7ClNO/c9-7-4-2-1-3-6(7)5-8(10)11/h1-5H,(H2,10,11). The summed E-state index contributed by atoms with van der Waals surface area (Å²) in [6.07, 6.45) is 1.29. The Bertz CT molecular complexity index is 273. The molecule has 1 aromatic rings. The number of hydrogen-bond acceptors (Lipinski definition) is 1. The van der Waals surface area contributed by atoms with Crippen LogP contribution in [-0.2, 0) is 4.79 Å². The van der Waals surface area contributed by atoms with E-state index in [1.807, 2.05) is 0 Å². The number of hydrogen-bond donors (Lipinski definition) is 1. The summed E-state index contributed by atoms with van der Waals surface area (Å²) < 4.78 is 0. The molecule has 0 unspecified atom stereocenters. The van der Waals surface area contributed by atoms with Crippen LogP contribution in [0.25, 0.3) is 0 Å². The second-order valence-electron chi connectivity index (χ2n) is 2.07. The maximum Gasteiger partial charge on any atom is 0.226 e. The fourth-order valence-corrected chi connectivity index (χ4v) is 0.936. The Balaban J connectivity index is 2.86. The van der Waals surface area contributed by atoms with E-state index < -0.39 is 5.91 Å². The molecule has 0 bridgehead atoms. The zero-order valence-electron chi connectivity index (χ0n) is 5.75. The number of nitrogens with two attached hydrogens (primary N) is 1. The van der Waals surface area contributed by atoms with E-state index in [9.17, 15) is 4.79 Å². The summed E-state index contributed by atoms with van der Waals surface area (Å²) in [6.45, 7) is 0. The maximum absolute atomic E-state index is 10.4. The minimum absolute atomic E-state index is 0.488. The summed E-state index contributed by atoms with van der Waals surface area (Å²) in [4.78, 5) is 10.4. The van der Waals surface area contributed by atoms with E-state index in [-0.39, 0.29) is 0 Å². The lowest BCUT2D eigenvalue weighted by Crippen LogP contribution is -2.11. The number of carbonyl (C=O) groups is 1. The molecule has 0 heterocycles. The minimum Gasteiger partial charge on any atom is -0.369 e. The van der Waals surface area contributed by atoms with Gasteiger partial charge in [-0.05, 0) is 11.6 Å². The molecule has 2 nitrogen and oxygen atoms in total. The van der Waals surface area contributed by atoms with Crippen molar-refractivity contribution < 1.29 is 4.79 Å². The fourth-order valence-electron chi connectivity index (χ4n) is 0.745. The molecule has 1 rings (SSSR count). The lowest BCUT2D eigenvalue weighted by Gasteiger charge is -1.98. The number of carbonyl (C=O) groups excluding carboxylic acids is 1. The largest absolute Gasteiger partial charge is 0.369 e. The quantitative estimate of drug-likeness (QED) is 0.713. The fraction of sp³-hybridized carbons (Fsp3) is 0. The van der Waals surface area contributed by atoms with E-state index in [0.29, 0.717) is 10.6 Å². The van der Waals surface area contributed by atoms with Crippen LogP contribution in [0.1, 0.15) is 5.56 Å². The van der Waals surface area contributed by atoms with Gasteiger partial charge in [-0.1, -0.05) is 29.8 Å². The van der Waals surface area contributed by atoms with Crippen LogP contribution in [-0.4, -0.2) is 5.91 Å². The molecule has 0 aliphatic heterocycles. The summed E-state index contributed by atoms with van der Waals surface area (Å²) >= 11 is 5.73. The first kappa shape index (κ1) is 8.08. The highest BCUT2D eigenvalue weighted by Crippen LogP contribution is 2.15. The van der Waals surface area contributed by atoms with Crippen molar-refractivity contribution in [3.8, 4) is 0 Å². The van der Waals surface area contributed by atoms with Gasteiger partial charge in [0, 0.05) is 5.02 Å². The van der Waals surface area contributed by atoms with Crippen molar-refractivity contribution in [3.05, 3.63) is 41.3 Å². The molecule has 0 aliphatic carbocycles. The molecule has 2 N–H and O–H groups in total. The predicted molar refractivity (Wildman–Crippen MR) is 44.0 cm³/mol.